The molecule has 0 aliphatic heterocycles. The van der Waals surface area contributed by atoms with Gasteiger partial charge in [-0.2, -0.15) is 0 Å². The Morgan fingerprint density at radius 3 is 1.31 bits per heavy atom. The average molecular weight is 501 g/mol. The maximum absolute atomic E-state index is 6.30. The van der Waals surface area contributed by atoms with E-state index in [0.29, 0.717) is 0 Å². The molecule has 0 saturated carbocycles. The Balaban J connectivity index is 1.44. The van der Waals surface area contributed by atoms with Crippen LogP contribution in [0.25, 0.3) is 75.5 Å². The fourth-order valence-electron chi connectivity index (χ4n) is 5.44. The van der Waals surface area contributed by atoms with Crippen molar-refractivity contribution in [3.05, 3.63) is 94.7 Å². The van der Waals surface area contributed by atoms with Crippen molar-refractivity contribution in [3.8, 4) is 20.9 Å². The zero-order valence-corrected chi connectivity index (χ0v) is 21.3. The number of furan rings is 2. The van der Waals surface area contributed by atoms with E-state index in [4.69, 9.17) is 8.83 Å². The van der Waals surface area contributed by atoms with E-state index < -0.39 is 0 Å². The maximum Gasteiger partial charge on any atom is 0.136 e. The molecule has 0 N–H and O–H groups in total. The third-order valence-corrected chi connectivity index (χ3v) is 9.21. The standard InChI is InChI=1S/C32H20O2S2/c1-17-3-13-29(35-17)19-5-9-25-23(15-19)31-21-7-12-28-32(22(21)8-11-27(31)33-25)24-16-20(6-10-26(24)34-28)30-14-4-18(2)36-30/h3-16H,1-2H3. The van der Waals surface area contributed by atoms with E-state index >= 15 is 0 Å². The van der Waals surface area contributed by atoms with E-state index in [1.807, 2.05) is 22.7 Å². The van der Waals surface area contributed by atoms with Gasteiger partial charge in [-0.3, -0.25) is 0 Å². The van der Waals surface area contributed by atoms with Crippen LogP contribution in [0.1, 0.15) is 9.75 Å². The van der Waals surface area contributed by atoms with Crippen molar-refractivity contribution in [3.63, 3.8) is 0 Å². The van der Waals surface area contributed by atoms with Crippen LogP contribution in [0.3, 0.4) is 0 Å². The topological polar surface area (TPSA) is 26.3 Å². The Bertz CT molecular complexity index is 1980. The van der Waals surface area contributed by atoms with Gasteiger partial charge < -0.3 is 8.83 Å². The minimum Gasteiger partial charge on any atom is -0.456 e. The molecular weight excluding hydrogens is 480 g/mol. The van der Waals surface area contributed by atoms with Crippen LogP contribution in [0.2, 0.25) is 0 Å². The van der Waals surface area contributed by atoms with Gasteiger partial charge in [0, 0.05) is 41.1 Å². The number of hydrogen-bond acceptors (Lipinski definition) is 4. The molecule has 0 amide bonds. The lowest BCUT2D eigenvalue weighted by Gasteiger charge is -2.03. The first-order chi connectivity index (χ1) is 17.6. The summed E-state index contributed by atoms with van der Waals surface area (Å²) in [6.45, 7) is 4.30. The highest BCUT2D eigenvalue weighted by atomic mass is 32.1. The SMILES string of the molecule is Cc1ccc(-c2ccc3oc4ccc5c(ccc6oc7ccc(-c8ccc(C)s8)cc7c65)c4c3c2)s1. The van der Waals surface area contributed by atoms with E-state index in [9.17, 15) is 0 Å². The van der Waals surface area contributed by atoms with Gasteiger partial charge in [0.05, 0.1) is 0 Å². The molecule has 4 aromatic heterocycles. The second-order valence-electron chi connectivity index (χ2n) is 9.42. The van der Waals surface area contributed by atoms with E-state index in [0.717, 1.165) is 33.1 Å². The summed E-state index contributed by atoms with van der Waals surface area (Å²) >= 11 is 3.65. The molecule has 0 unspecified atom stereocenters. The third-order valence-electron chi connectivity index (χ3n) is 7.11. The Kier molecular flexibility index (Phi) is 4.14. The van der Waals surface area contributed by atoms with Crippen LogP contribution >= 0.6 is 22.7 Å². The Morgan fingerprint density at radius 1 is 0.444 bits per heavy atom. The summed E-state index contributed by atoms with van der Waals surface area (Å²) in [5.74, 6) is 0. The van der Waals surface area contributed by atoms with Gasteiger partial charge >= 0.3 is 0 Å². The molecule has 0 aliphatic carbocycles. The van der Waals surface area contributed by atoms with Crippen molar-refractivity contribution in [1.29, 1.82) is 0 Å². The van der Waals surface area contributed by atoms with Gasteiger partial charge in [0.15, 0.2) is 0 Å². The molecule has 36 heavy (non-hydrogen) atoms. The van der Waals surface area contributed by atoms with Gasteiger partial charge in [-0.15, -0.1) is 22.7 Å². The molecule has 0 radical (unpaired) electrons. The van der Waals surface area contributed by atoms with Crippen LogP contribution in [0.15, 0.2) is 93.8 Å². The Hall–Kier alpha value is -3.86. The van der Waals surface area contributed by atoms with E-state index in [1.165, 1.54) is 52.2 Å². The Morgan fingerprint density at radius 2 is 0.889 bits per heavy atom. The van der Waals surface area contributed by atoms with E-state index in [2.05, 4.69) is 98.8 Å². The normalized spacial score (nSPS) is 12.2. The molecule has 4 aromatic carbocycles. The minimum absolute atomic E-state index is 0.916. The highest BCUT2D eigenvalue weighted by Gasteiger charge is 2.17. The minimum atomic E-state index is 0.916. The van der Waals surface area contributed by atoms with Crippen molar-refractivity contribution in [2.75, 3.05) is 0 Å². The fraction of sp³-hybridized carbons (Fsp3) is 0.0625. The first-order valence-corrected chi connectivity index (χ1v) is 13.6. The quantitative estimate of drug-likeness (QED) is 0.236. The summed E-state index contributed by atoms with van der Waals surface area (Å²) in [5.41, 5.74) is 6.12. The van der Waals surface area contributed by atoms with Gasteiger partial charge in [0.25, 0.3) is 0 Å². The summed E-state index contributed by atoms with van der Waals surface area (Å²) in [6.07, 6.45) is 0. The lowest BCUT2D eigenvalue weighted by molar-refractivity contribution is 0.668. The molecule has 0 aliphatic rings. The monoisotopic (exact) mass is 500 g/mol. The predicted molar refractivity (Wildman–Crippen MR) is 155 cm³/mol. The molecule has 0 saturated heterocycles. The molecule has 8 rings (SSSR count). The van der Waals surface area contributed by atoms with Crippen molar-refractivity contribution in [2.24, 2.45) is 0 Å². The maximum atomic E-state index is 6.30. The third kappa shape index (κ3) is 2.89. The molecule has 8 aromatic rings. The summed E-state index contributed by atoms with van der Waals surface area (Å²) in [7, 11) is 0. The summed E-state index contributed by atoms with van der Waals surface area (Å²) in [5, 5.41) is 7.02. The van der Waals surface area contributed by atoms with Crippen LogP contribution in [0, 0.1) is 13.8 Å². The second-order valence-corrected chi connectivity index (χ2v) is 12.0. The lowest BCUT2D eigenvalue weighted by atomic mass is 9.98. The smallest absolute Gasteiger partial charge is 0.136 e. The van der Waals surface area contributed by atoms with Crippen molar-refractivity contribution in [1.82, 2.24) is 0 Å². The first-order valence-electron chi connectivity index (χ1n) is 12.0. The van der Waals surface area contributed by atoms with Crippen molar-refractivity contribution in [2.45, 2.75) is 13.8 Å². The summed E-state index contributed by atoms with van der Waals surface area (Å²) in [4.78, 5) is 5.20. The van der Waals surface area contributed by atoms with Gasteiger partial charge in [-0.1, -0.05) is 0 Å². The van der Waals surface area contributed by atoms with Crippen LogP contribution in [0.4, 0.5) is 0 Å². The van der Waals surface area contributed by atoms with Crippen LogP contribution in [-0.2, 0) is 0 Å². The van der Waals surface area contributed by atoms with Crippen molar-refractivity contribution < 1.29 is 8.83 Å². The van der Waals surface area contributed by atoms with E-state index in [1.54, 1.807) is 0 Å². The van der Waals surface area contributed by atoms with Gasteiger partial charge in [-0.25, -0.2) is 0 Å². The van der Waals surface area contributed by atoms with Crippen LogP contribution < -0.4 is 0 Å². The van der Waals surface area contributed by atoms with E-state index in [-0.39, 0.29) is 0 Å². The average Bonchev–Trinajstić information content (AvgIpc) is 3.67. The number of hydrogen-bond donors (Lipinski definition) is 0. The van der Waals surface area contributed by atoms with Crippen LogP contribution in [-0.4, -0.2) is 0 Å². The largest absolute Gasteiger partial charge is 0.456 e. The fourth-order valence-corrected chi connectivity index (χ4v) is 7.17. The van der Waals surface area contributed by atoms with Crippen LogP contribution in [0.5, 0.6) is 0 Å². The highest BCUT2D eigenvalue weighted by molar-refractivity contribution is 7.15. The van der Waals surface area contributed by atoms with Gasteiger partial charge in [-0.05, 0) is 121 Å². The number of fused-ring (bicyclic) bond motifs is 9. The molecule has 0 atom stereocenters. The second kappa shape index (κ2) is 7.33. The number of aryl methyl sites for hydroxylation is 2. The lowest BCUT2D eigenvalue weighted by Crippen LogP contribution is -1.78. The zero-order chi connectivity index (χ0) is 24.0. The molecule has 172 valence electrons. The predicted octanol–water partition coefficient (Wildman–Crippen LogP) is 10.7. The van der Waals surface area contributed by atoms with Gasteiger partial charge in [0.2, 0.25) is 0 Å². The molecule has 4 heteroatoms. The summed E-state index contributed by atoms with van der Waals surface area (Å²) in [6, 6.07) is 30.4. The summed E-state index contributed by atoms with van der Waals surface area (Å²) < 4.78 is 12.6. The Labute approximate surface area is 215 Å². The molecule has 4 heterocycles. The van der Waals surface area contributed by atoms with Crippen molar-refractivity contribution >= 4 is 77.3 Å². The number of thiophene rings is 2. The highest BCUT2D eigenvalue weighted by Crippen LogP contribution is 2.43. The number of benzene rings is 4. The van der Waals surface area contributed by atoms with Gasteiger partial charge in [0.1, 0.15) is 22.3 Å². The first kappa shape index (κ1) is 20.3. The molecule has 0 bridgehead atoms. The molecule has 2 nitrogen and oxygen atoms in total. The molecule has 0 fully saturated rings. The molecular formula is C32H20O2S2. The number of rotatable bonds is 2. The zero-order valence-electron chi connectivity index (χ0n) is 19.7. The molecule has 0 spiro atoms.